The first-order valence-corrected chi connectivity index (χ1v) is 13.9. The average Bonchev–Trinajstić information content (AvgIpc) is 3.26. The molecule has 0 radical (unpaired) electrons. The van der Waals surface area contributed by atoms with Gasteiger partial charge in [-0.25, -0.2) is 8.42 Å². The number of benzene rings is 4. The Morgan fingerprint density at radius 3 is 1.95 bits per heavy atom. The van der Waals surface area contributed by atoms with Gasteiger partial charge in [0.1, 0.15) is 0 Å². The van der Waals surface area contributed by atoms with Crippen LogP contribution in [0, 0.1) is 6.92 Å². The highest BCUT2D eigenvalue weighted by atomic mass is 32.2. The number of nitrogens with zero attached hydrogens (tertiary/aromatic N) is 2. The van der Waals surface area contributed by atoms with Crippen molar-refractivity contribution >= 4 is 15.8 Å². The number of sulfonamides is 1. The molecule has 0 unspecified atom stereocenters. The van der Waals surface area contributed by atoms with Crippen molar-refractivity contribution in [2.75, 3.05) is 4.72 Å². The van der Waals surface area contributed by atoms with Gasteiger partial charge in [-0.1, -0.05) is 109 Å². The van der Waals surface area contributed by atoms with Crippen molar-refractivity contribution in [3.8, 4) is 11.1 Å². The molecule has 0 saturated carbocycles. The molecule has 0 aliphatic rings. The highest BCUT2D eigenvalue weighted by molar-refractivity contribution is 7.92. The van der Waals surface area contributed by atoms with Crippen molar-refractivity contribution in [2.24, 2.45) is 0 Å². The summed E-state index contributed by atoms with van der Waals surface area (Å²) in [5.41, 5.74) is 5.57. The van der Waals surface area contributed by atoms with Gasteiger partial charge < -0.3 is 4.74 Å². The number of hydrogen-bond donors (Lipinski definition) is 1. The topological polar surface area (TPSA) is 73.2 Å². The number of rotatable bonds is 10. The van der Waals surface area contributed by atoms with Gasteiger partial charge in [0, 0.05) is 0 Å². The van der Waals surface area contributed by atoms with Crippen molar-refractivity contribution in [3.05, 3.63) is 138 Å². The second-order valence-electron chi connectivity index (χ2n) is 9.08. The van der Waals surface area contributed by atoms with E-state index in [1.54, 1.807) is 30.3 Å². The minimum atomic E-state index is -3.86. The largest absolute Gasteiger partial charge is 0.370 e. The number of ether oxygens (including phenoxy) is 1. The zero-order valence-electron chi connectivity index (χ0n) is 21.1. The Bertz CT molecular complexity index is 1580. The monoisotopic (exact) mass is 523 g/mol. The molecule has 0 amide bonds. The van der Waals surface area contributed by atoms with E-state index in [9.17, 15) is 8.42 Å². The van der Waals surface area contributed by atoms with Crippen LogP contribution in [0.15, 0.2) is 120 Å². The summed E-state index contributed by atoms with van der Waals surface area (Å²) >= 11 is 0. The van der Waals surface area contributed by atoms with Crippen LogP contribution in [0.3, 0.4) is 0 Å². The fourth-order valence-corrected chi connectivity index (χ4v) is 5.28. The summed E-state index contributed by atoms with van der Waals surface area (Å²) in [4.78, 5) is 0.175. The maximum atomic E-state index is 13.3. The van der Waals surface area contributed by atoms with E-state index in [-0.39, 0.29) is 17.3 Å². The molecule has 0 aliphatic heterocycles. The molecule has 0 fully saturated rings. The van der Waals surface area contributed by atoms with Crippen molar-refractivity contribution in [3.63, 3.8) is 0 Å². The quantitative estimate of drug-likeness (QED) is 0.229. The minimum absolute atomic E-state index is 0.175. The first-order chi connectivity index (χ1) is 18.5. The number of aromatic nitrogens is 2. The van der Waals surface area contributed by atoms with Gasteiger partial charge in [0.05, 0.1) is 35.9 Å². The zero-order valence-corrected chi connectivity index (χ0v) is 21.9. The van der Waals surface area contributed by atoms with Crippen molar-refractivity contribution in [2.45, 2.75) is 31.6 Å². The van der Waals surface area contributed by atoms with Crippen LogP contribution >= 0.6 is 0 Å². The number of hydrogen-bond acceptors (Lipinski definition) is 4. The molecule has 4 aromatic carbocycles. The Morgan fingerprint density at radius 1 is 0.737 bits per heavy atom. The predicted molar refractivity (Wildman–Crippen MR) is 150 cm³/mol. The average molecular weight is 524 g/mol. The summed E-state index contributed by atoms with van der Waals surface area (Å²) in [5, 5.41) is 4.79. The summed E-state index contributed by atoms with van der Waals surface area (Å²) in [6.45, 7) is 3.17. The number of aryl methyl sites for hydroxylation is 1. The Morgan fingerprint density at radius 2 is 1.32 bits per heavy atom. The van der Waals surface area contributed by atoms with Crippen LogP contribution in [0.4, 0.5) is 5.82 Å². The van der Waals surface area contributed by atoms with Crippen LogP contribution in [0.2, 0.25) is 0 Å². The Labute approximate surface area is 223 Å². The Kier molecular flexibility index (Phi) is 7.67. The molecule has 38 heavy (non-hydrogen) atoms. The summed E-state index contributed by atoms with van der Waals surface area (Å²) in [5.74, 6) is 0.270. The molecule has 1 heterocycles. The van der Waals surface area contributed by atoms with Crippen molar-refractivity contribution in [1.82, 2.24) is 9.78 Å². The first-order valence-electron chi connectivity index (χ1n) is 12.4. The van der Waals surface area contributed by atoms with Crippen LogP contribution in [-0.4, -0.2) is 18.2 Å². The van der Waals surface area contributed by atoms with E-state index in [0.717, 1.165) is 27.9 Å². The maximum Gasteiger partial charge on any atom is 0.263 e. The van der Waals surface area contributed by atoms with Gasteiger partial charge in [0.2, 0.25) is 0 Å². The standard InChI is InChI=1S/C31H29N3O3S/c1-24-17-19-27(20-18-24)30-29(23-37-22-26-13-7-3-8-14-26)34(21-25-11-5-2-6-12-25)32-31(30)33-38(35,36)28-15-9-4-10-16-28/h2-20H,21-23H2,1H3,(H,32,33). The Hall–Kier alpha value is -4.20. The number of anilines is 1. The molecule has 0 atom stereocenters. The highest BCUT2D eigenvalue weighted by Gasteiger charge is 2.24. The van der Waals surface area contributed by atoms with Gasteiger partial charge >= 0.3 is 0 Å². The van der Waals surface area contributed by atoms with E-state index in [4.69, 9.17) is 9.84 Å². The molecule has 0 spiro atoms. The normalized spacial score (nSPS) is 11.4. The molecule has 192 valence electrons. The molecule has 5 rings (SSSR count). The van der Waals surface area contributed by atoms with Crippen molar-refractivity contribution < 1.29 is 13.2 Å². The SMILES string of the molecule is Cc1ccc(-c2c(NS(=O)(=O)c3ccccc3)nn(Cc3ccccc3)c2COCc2ccccc2)cc1. The first kappa shape index (κ1) is 25.4. The summed E-state index contributed by atoms with van der Waals surface area (Å²) < 4.78 is 37.4. The highest BCUT2D eigenvalue weighted by Crippen LogP contribution is 2.34. The molecular weight excluding hydrogens is 494 g/mol. The number of nitrogens with one attached hydrogen (secondary N) is 1. The van der Waals surface area contributed by atoms with Crippen LogP contribution in [0.5, 0.6) is 0 Å². The molecular formula is C31H29N3O3S. The molecule has 1 aromatic heterocycles. The van der Waals surface area contributed by atoms with Gasteiger partial charge in [-0.3, -0.25) is 9.40 Å². The summed E-state index contributed by atoms with van der Waals surface area (Å²) in [6, 6.07) is 36.2. The second-order valence-corrected chi connectivity index (χ2v) is 10.8. The zero-order chi connectivity index (χ0) is 26.4. The third-order valence-corrected chi connectivity index (χ3v) is 7.56. The smallest absolute Gasteiger partial charge is 0.263 e. The molecule has 7 heteroatoms. The molecule has 0 bridgehead atoms. The molecule has 6 nitrogen and oxygen atoms in total. The van der Waals surface area contributed by atoms with Crippen LogP contribution in [-0.2, 0) is 34.5 Å². The summed E-state index contributed by atoms with van der Waals surface area (Å²) in [7, 11) is -3.86. The van der Waals surface area contributed by atoms with E-state index in [1.807, 2.05) is 96.5 Å². The van der Waals surface area contributed by atoms with Gasteiger partial charge in [-0.05, 0) is 35.7 Å². The second kappa shape index (κ2) is 11.5. The lowest BCUT2D eigenvalue weighted by Gasteiger charge is -2.12. The maximum absolute atomic E-state index is 13.3. The van der Waals surface area contributed by atoms with Crippen LogP contribution < -0.4 is 4.72 Å². The van der Waals surface area contributed by atoms with Crippen molar-refractivity contribution in [1.29, 1.82) is 0 Å². The fourth-order valence-electron chi connectivity index (χ4n) is 4.25. The third-order valence-electron chi connectivity index (χ3n) is 6.21. The third kappa shape index (κ3) is 6.02. The molecule has 0 saturated heterocycles. The predicted octanol–water partition coefficient (Wildman–Crippen LogP) is 6.42. The van der Waals surface area contributed by atoms with Gasteiger partial charge in [0.25, 0.3) is 10.0 Å². The lowest BCUT2D eigenvalue weighted by atomic mass is 10.0. The van der Waals surface area contributed by atoms with E-state index >= 15 is 0 Å². The molecule has 1 N–H and O–H groups in total. The molecule has 0 aliphatic carbocycles. The lowest BCUT2D eigenvalue weighted by molar-refractivity contribution is 0.102. The van der Waals surface area contributed by atoms with E-state index < -0.39 is 10.0 Å². The van der Waals surface area contributed by atoms with E-state index in [1.165, 1.54) is 0 Å². The van der Waals surface area contributed by atoms with E-state index in [0.29, 0.717) is 18.7 Å². The van der Waals surface area contributed by atoms with Crippen LogP contribution in [0.25, 0.3) is 11.1 Å². The molecule has 5 aromatic rings. The fraction of sp³-hybridized carbons (Fsp3) is 0.129. The minimum Gasteiger partial charge on any atom is -0.370 e. The van der Waals surface area contributed by atoms with Gasteiger partial charge in [-0.15, -0.1) is 0 Å². The van der Waals surface area contributed by atoms with Gasteiger partial charge in [0.15, 0.2) is 5.82 Å². The Balaban J connectivity index is 1.58. The van der Waals surface area contributed by atoms with Crippen LogP contribution in [0.1, 0.15) is 22.4 Å². The lowest BCUT2D eigenvalue weighted by Crippen LogP contribution is -2.14. The summed E-state index contributed by atoms with van der Waals surface area (Å²) in [6.07, 6.45) is 0. The van der Waals surface area contributed by atoms with E-state index in [2.05, 4.69) is 4.72 Å². The van der Waals surface area contributed by atoms with Gasteiger partial charge in [-0.2, -0.15) is 5.10 Å².